The van der Waals surface area contributed by atoms with Crippen molar-refractivity contribution in [2.75, 3.05) is 13.1 Å². The summed E-state index contributed by atoms with van der Waals surface area (Å²) in [5, 5.41) is 12.0. The number of nitrogens with zero attached hydrogens (tertiary/aromatic N) is 2. The second-order valence-corrected chi connectivity index (χ2v) is 5.51. The Labute approximate surface area is 125 Å². The van der Waals surface area contributed by atoms with Crippen LogP contribution in [-0.4, -0.2) is 23.3 Å². The molecule has 0 aliphatic heterocycles. The van der Waals surface area contributed by atoms with Crippen molar-refractivity contribution in [1.29, 1.82) is 0 Å². The quantitative estimate of drug-likeness (QED) is 0.812. The summed E-state index contributed by atoms with van der Waals surface area (Å²) in [6.07, 6.45) is 1.85. The molecule has 0 aliphatic carbocycles. The maximum absolute atomic E-state index is 6.00. The molecule has 0 saturated carbocycles. The summed E-state index contributed by atoms with van der Waals surface area (Å²) in [6, 6.07) is 5.52. The van der Waals surface area contributed by atoms with E-state index in [1.807, 2.05) is 12.1 Å². The molecule has 1 N–H and O–H groups in total. The van der Waals surface area contributed by atoms with Crippen LogP contribution in [-0.2, 0) is 6.42 Å². The first-order chi connectivity index (χ1) is 9.19. The lowest BCUT2D eigenvalue weighted by Gasteiger charge is -1.99. The van der Waals surface area contributed by atoms with Gasteiger partial charge in [-0.05, 0) is 31.2 Å². The van der Waals surface area contributed by atoms with Gasteiger partial charge in [-0.3, -0.25) is 0 Å². The van der Waals surface area contributed by atoms with Gasteiger partial charge in [0.1, 0.15) is 0 Å². The van der Waals surface area contributed by atoms with Gasteiger partial charge in [0.05, 0.1) is 0 Å². The molecule has 0 aliphatic rings. The van der Waals surface area contributed by atoms with Crippen LogP contribution in [0.25, 0.3) is 11.5 Å². The average molecular weight is 345 g/mol. The van der Waals surface area contributed by atoms with Crippen molar-refractivity contribution in [2.24, 2.45) is 0 Å². The summed E-state index contributed by atoms with van der Waals surface area (Å²) < 4.78 is 6.51. The van der Waals surface area contributed by atoms with E-state index in [9.17, 15) is 0 Å². The molecule has 4 nitrogen and oxygen atoms in total. The fourth-order valence-electron chi connectivity index (χ4n) is 1.65. The van der Waals surface area contributed by atoms with Gasteiger partial charge >= 0.3 is 0 Å². The van der Waals surface area contributed by atoms with Gasteiger partial charge in [0.25, 0.3) is 0 Å². The number of halogens is 2. The maximum atomic E-state index is 6.00. The molecule has 1 aromatic carbocycles. The Kier molecular flexibility index (Phi) is 5.36. The summed E-state index contributed by atoms with van der Waals surface area (Å²) in [5.74, 6) is 1.13. The van der Waals surface area contributed by atoms with Crippen LogP contribution < -0.4 is 5.32 Å². The third-order valence-electron chi connectivity index (χ3n) is 2.52. The molecule has 0 amide bonds. The van der Waals surface area contributed by atoms with E-state index >= 15 is 0 Å². The van der Waals surface area contributed by atoms with Crippen molar-refractivity contribution in [2.45, 2.75) is 19.8 Å². The van der Waals surface area contributed by atoms with Crippen LogP contribution in [0.2, 0.25) is 5.02 Å². The minimum atomic E-state index is 0.494. The summed E-state index contributed by atoms with van der Waals surface area (Å²) in [7, 11) is 0. The van der Waals surface area contributed by atoms with Crippen molar-refractivity contribution in [3.8, 4) is 11.5 Å². The molecule has 2 aromatic rings. The normalized spacial score (nSPS) is 10.9. The summed E-state index contributed by atoms with van der Waals surface area (Å²) in [6.45, 7) is 3.98. The second-order valence-electron chi connectivity index (χ2n) is 4.16. The van der Waals surface area contributed by atoms with E-state index in [0.717, 1.165) is 36.0 Å². The Morgan fingerprint density at radius 2 is 2.11 bits per heavy atom. The van der Waals surface area contributed by atoms with Crippen LogP contribution >= 0.6 is 27.5 Å². The van der Waals surface area contributed by atoms with Gasteiger partial charge in [-0.25, -0.2) is 0 Å². The first kappa shape index (κ1) is 14.5. The van der Waals surface area contributed by atoms with Gasteiger partial charge in [0.2, 0.25) is 11.8 Å². The van der Waals surface area contributed by atoms with Crippen LogP contribution in [0.15, 0.2) is 27.1 Å². The van der Waals surface area contributed by atoms with E-state index in [2.05, 4.69) is 38.4 Å². The molecule has 19 heavy (non-hydrogen) atoms. The molecular formula is C13H15BrClN3O. The van der Waals surface area contributed by atoms with Crippen LogP contribution in [0.1, 0.15) is 19.2 Å². The highest BCUT2D eigenvalue weighted by Gasteiger charge is 2.09. The Hall–Kier alpha value is -0.910. The van der Waals surface area contributed by atoms with Gasteiger partial charge in [0, 0.05) is 28.0 Å². The highest BCUT2D eigenvalue weighted by Crippen LogP contribution is 2.26. The van der Waals surface area contributed by atoms with E-state index in [-0.39, 0.29) is 0 Å². The van der Waals surface area contributed by atoms with Gasteiger partial charge in [-0.2, -0.15) is 0 Å². The predicted octanol–water partition coefficient (Wildman–Crippen LogP) is 3.69. The molecule has 0 spiro atoms. The van der Waals surface area contributed by atoms with E-state index in [4.69, 9.17) is 16.0 Å². The zero-order valence-corrected chi connectivity index (χ0v) is 13.0. The van der Waals surface area contributed by atoms with E-state index in [1.165, 1.54) is 0 Å². The summed E-state index contributed by atoms with van der Waals surface area (Å²) in [4.78, 5) is 0. The minimum absolute atomic E-state index is 0.494. The average Bonchev–Trinajstić information content (AvgIpc) is 2.82. The maximum Gasteiger partial charge on any atom is 0.247 e. The standard InChI is InChI=1S/C13H15BrClN3O/c1-2-4-16-5-3-12-17-18-13(19-12)9-6-10(14)8-11(15)7-9/h6-8,16H,2-5H2,1H3. The van der Waals surface area contributed by atoms with Gasteiger partial charge in [-0.1, -0.05) is 34.5 Å². The molecule has 0 fully saturated rings. The van der Waals surface area contributed by atoms with Crippen LogP contribution in [0, 0.1) is 0 Å². The predicted molar refractivity (Wildman–Crippen MR) is 79.3 cm³/mol. The fraction of sp³-hybridized carbons (Fsp3) is 0.385. The topological polar surface area (TPSA) is 51.0 Å². The molecule has 0 radical (unpaired) electrons. The number of aromatic nitrogens is 2. The van der Waals surface area contributed by atoms with Crippen molar-refractivity contribution < 1.29 is 4.42 Å². The lowest BCUT2D eigenvalue weighted by atomic mass is 10.2. The monoisotopic (exact) mass is 343 g/mol. The van der Waals surface area contributed by atoms with Crippen molar-refractivity contribution in [1.82, 2.24) is 15.5 Å². The molecular weight excluding hydrogens is 330 g/mol. The highest BCUT2D eigenvalue weighted by atomic mass is 79.9. The molecule has 6 heteroatoms. The fourth-order valence-corrected chi connectivity index (χ4v) is 2.51. The van der Waals surface area contributed by atoms with Gasteiger partial charge in [0.15, 0.2) is 0 Å². The third-order valence-corrected chi connectivity index (χ3v) is 3.19. The Morgan fingerprint density at radius 1 is 1.26 bits per heavy atom. The van der Waals surface area contributed by atoms with Gasteiger partial charge < -0.3 is 9.73 Å². The zero-order chi connectivity index (χ0) is 13.7. The Bertz CT molecular complexity index is 524. The van der Waals surface area contributed by atoms with Crippen LogP contribution in [0.5, 0.6) is 0 Å². The third kappa shape index (κ3) is 4.30. The zero-order valence-electron chi connectivity index (χ0n) is 10.6. The van der Waals surface area contributed by atoms with Crippen molar-refractivity contribution in [3.63, 3.8) is 0 Å². The van der Waals surface area contributed by atoms with Crippen molar-refractivity contribution >= 4 is 27.5 Å². The molecule has 1 heterocycles. The number of hydrogen-bond donors (Lipinski definition) is 1. The molecule has 0 unspecified atom stereocenters. The van der Waals surface area contributed by atoms with Crippen LogP contribution in [0.3, 0.4) is 0 Å². The largest absolute Gasteiger partial charge is 0.421 e. The minimum Gasteiger partial charge on any atom is -0.421 e. The van der Waals surface area contributed by atoms with Gasteiger partial charge in [-0.15, -0.1) is 10.2 Å². The Morgan fingerprint density at radius 3 is 2.84 bits per heavy atom. The molecule has 1 aromatic heterocycles. The molecule has 0 saturated heterocycles. The SMILES string of the molecule is CCCNCCc1nnc(-c2cc(Cl)cc(Br)c2)o1. The lowest BCUT2D eigenvalue weighted by molar-refractivity contribution is 0.494. The molecule has 102 valence electrons. The van der Waals surface area contributed by atoms with Crippen molar-refractivity contribution in [3.05, 3.63) is 33.6 Å². The number of rotatable bonds is 6. The molecule has 0 bridgehead atoms. The smallest absolute Gasteiger partial charge is 0.247 e. The molecule has 0 atom stereocenters. The second kappa shape index (κ2) is 7.03. The number of hydrogen-bond acceptors (Lipinski definition) is 4. The molecule has 2 rings (SSSR count). The van der Waals surface area contributed by atoms with Crippen LogP contribution in [0.4, 0.5) is 0 Å². The first-order valence-electron chi connectivity index (χ1n) is 6.18. The summed E-state index contributed by atoms with van der Waals surface area (Å²) >= 11 is 9.39. The van der Waals surface area contributed by atoms with E-state index < -0.39 is 0 Å². The number of benzene rings is 1. The lowest BCUT2D eigenvalue weighted by Crippen LogP contribution is -2.17. The summed E-state index contributed by atoms with van der Waals surface area (Å²) in [5.41, 5.74) is 0.819. The van der Waals surface area contributed by atoms with E-state index in [1.54, 1.807) is 6.07 Å². The van der Waals surface area contributed by atoms with E-state index in [0.29, 0.717) is 16.8 Å². The highest BCUT2D eigenvalue weighted by molar-refractivity contribution is 9.10. The first-order valence-corrected chi connectivity index (χ1v) is 7.35. The number of nitrogens with one attached hydrogen (secondary N) is 1. The Balaban J connectivity index is 2.03.